The number of H-pyrrole nitrogens is 1. The Bertz CT molecular complexity index is 1220. The lowest BCUT2D eigenvalue weighted by Gasteiger charge is -2.14. The lowest BCUT2D eigenvalue weighted by molar-refractivity contribution is 0.0319. The molecule has 4 aromatic rings. The van der Waals surface area contributed by atoms with Crippen LogP contribution in [0.25, 0.3) is 20.7 Å². The van der Waals surface area contributed by atoms with Gasteiger partial charge in [0.25, 0.3) is 5.56 Å². The summed E-state index contributed by atoms with van der Waals surface area (Å²) in [4.78, 5) is 34.3. The van der Waals surface area contributed by atoms with Crippen LogP contribution in [0.4, 0.5) is 0 Å². The second-order valence-corrected chi connectivity index (χ2v) is 8.36. The quantitative estimate of drug-likeness (QED) is 0.467. The number of rotatable bonds is 4. The van der Waals surface area contributed by atoms with Crippen LogP contribution in [-0.4, -0.2) is 15.9 Å². The molecule has 1 atom stereocenters. The van der Waals surface area contributed by atoms with Crippen LogP contribution in [0.3, 0.4) is 0 Å². The summed E-state index contributed by atoms with van der Waals surface area (Å²) in [5.41, 5.74) is 3.09. The SMILES string of the molecule is Cc1cccc(C(=O)O[C@H](C)c2nc3scc(-c4cccs4)c3c(=O)[nH]2)c1C. The van der Waals surface area contributed by atoms with Gasteiger partial charge >= 0.3 is 5.97 Å². The number of carbonyl (C=O) groups is 1. The Morgan fingerprint density at radius 3 is 2.75 bits per heavy atom. The Labute approximate surface area is 169 Å². The highest BCUT2D eigenvalue weighted by molar-refractivity contribution is 7.18. The molecule has 0 saturated carbocycles. The number of fused-ring (bicyclic) bond motifs is 1. The third kappa shape index (κ3) is 3.27. The molecule has 0 saturated heterocycles. The van der Waals surface area contributed by atoms with Gasteiger partial charge in [-0.05, 0) is 49.4 Å². The third-order valence-electron chi connectivity index (χ3n) is 4.74. The number of hydrogen-bond donors (Lipinski definition) is 1. The molecular formula is C21H18N2O3S2. The molecule has 0 aliphatic carbocycles. The molecule has 3 aromatic heterocycles. The zero-order chi connectivity index (χ0) is 19.8. The van der Waals surface area contributed by atoms with Crippen molar-refractivity contribution in [1.29, 1.82) is 0 Å². The van der Waals surface area contributed by atoms with Gasteiger partial charge in [-0.15, -0.1) is 22.7 Å². The fourth-order valence-electron chi connectivity index (χ4n) is 3.02. The van der Waals surface area contributed by atoms with E-state index in [-0.39, 0.29) is 5.56 Å². The topological polar surface area (TPSA) is 72.0 Å². The minimum Gasteiger partial charge on any atom is -0.451 e. The first-order valence-electron chi connectivity index (χ1n) is 8.78. The molecule has 1 aromatic carbocycles. The van der Waals surface area contributed by atoms with Gasteiger partial charge in [0.1, 0.15) is 4.83 Å². The number of aromatic nitrogens is 2. The molecule has 0 fully saturated rings. The number of nitrogens with zero attached hydrogens (tertiary/aromatic N) is 1. The number of aryl methyl sites for hydroxylation is 1. The fraction of sp³-hybridized carbons (Fsp3) is 0.190. The van der Waals surface area contributed by atoms with E-state index in [1.807, 2.05) is 48.9 Å². The Hall–Kier alpha value is -2.77. The van der Waals surface area contributed by atoms with Crippen LogP contribution in [0.1, 0.15) is 40.3 Å². The summed E-state index contributed by atoms with van der Waals surface area (Å²) >= 11 is 2.99. The van der Waals surface area contributed by atoms with E-state index < -0.39 is 12.1 Å². The van der Waals surface area contributed by atoms with E-state index in [2.05, 4.69) is 9.97 Å². The van der Waals surface area contributed by atoms with Crippen LogP contribution in [-0.2, 0) is 4.74 Å². The summed E-state index contributed by atoms with van der Waals surface area (Å²) in [5, 5.41) is 4.49. The molecule has 7 heteroatoms. The van der Waals surface area contributed by atoms with E-state index in [4.69, 9.17) is 4.74 Å². The molecule has 4 rings (SSSR count). The van der Waals surface area contributed by atoms with Gasteiger partial charge in [0.2, 0.25) is 0 Å². The van der Waals surface area contributed by atoms with Crippen molar-refractivity contribution in [3.05, 3.63) is 74.0 Å². The zero-order valence-corrected chi connectivity index (χ0v) is 17.2. The average Bonchev–Trinajstić information content (AvgIpc) is 3.33. The molecule has 0 amide bonds. The van der Waals surface area contributed by atoms with Crippen molar-refractivity contribution in [3.8, 4) is 10.4 Å². The van der Waals surface area contributed by atoms with Gasteiger partial charge in [0.05, 0.1) is 10.9 Å². The van der Waals surface area contributed by atoms with E-state index in [1.165, 1.54) is 11.3 Å². The molecule has 0 aliphatic heterocycles. The number of benzene rings is 1. The number of nitrogens with one attached hydrogen (secondary N) is 1. The zero-order valence-electron chi connectivity index (χ0n) is 15.6. The van der Waals surface area contributed by atoms with Gasteiger partial charge in [0, 0.05) is 15.8 Å². The predicted molar refractivity (Wildman–Crippen MR) is 113 cm³/mol. The first-order chi connectivity index (χ1) is 13.5. The summed E-state index contributed by atoms with van der Waals surface area (Å²) < 4.78 is 5.58. The molecule has 0 unspecified atom stereocenters. The van der Waals surface area contributed by atoms with Crippen molar-refractivity contribution in [2.45, 2.75) is 26.9 Å². The number of esters is 1. The van der Waals surface area contributed by atoms with Gasteiger partial charge < -0.3 is 9.72 Å². The fourth-order valence-corrected chi connectivity index (χ4v) is 4.79. The Kier molecular flexibility index (Phi) is 4.87. The summed E-state index contributed by atoms with van der Waals surface area (Å²) in [5.74, 6) is -0.0855. The maximum absolute atomic E-state index is 12.7. The highest BCUT2D eigenvalue weighted by Gasteiger charge is 2.20. The highest BCUT2D eigenvalue weighted by atomic mass is 32.1. The molecular weight excluding hydrogens is 392 g/mol. The van der Waals surface area contributed by atoms with Gasteiger partial charge in [-0.25, -0.2) is 9.78 Å². The van der Waals surface area contributed by atoms with Gasteiger partial charge in [-0.2, -0.15) is 0 Å². The molecule has 3 heterocycles. The van der Waals surface area contributed by atoms with Crippen LogP contribution in [0.15, 0.2) is 45.9 Å². The lowest BCUT2D eigenvalue weighted by atomic mass is 10.0. The van der Waals surface area contributed by atoms with Crippen LogP contribution in [0.2, 0.25) is 0 Å². The van der Waals surface area contributed by atoms with Crippen LogP contribution >= 0.6 is 22.7 Å². The molecule has 0 bridgehead atoms. The first-order valence-corrected chi connectivity index (χ1v) is 10.5. The lowest BCUT2D eigenvalue weighted by Crippen LogP contribution is -2.17. The summed E-state index contributed by atoms with van der Waals surface area (Å²) in [6.45, 7) is 5.55. The molecule has 142 valence electrons. The van der Waals surface area contributed by atoms with Crippen molar-refractivity contribution < 1.29 is 9.53 Å². The second-order valence-electron chi connectivity index (χ2n) is 6.55. The second kappa shape index (κ2) is 7.33. The normalized spacial score (nSPS) is 12.2. The third-order valence-corrected chi connectivity index (χ3v) is 6.52. The minimum absolute atomic E-state index is 0.223. The molecule has 0 radical (unpaired) electrons. The molecule has 1 N–H and O–H groups in total. The Morgan fingerprint density at radius 2 is 2.00 bits per heavy atom. The number of thiophene rings is 2. The maximum Gasteiger partial charge on any atom is 0.339 e. The Morgan fingerprint density at radius 1 is 1.18 bits per heavy atom. The van der Waals surface area contributed by atoms with Gasteiger partial charge in [-0.1, -0.05) is 18.2 Å². The Balaban J connectivity index is 1.65. The summed E-state index contributed by atoms with van der Waals surface area (Å²) in [6.07, 6.45) is -0.670. The van der Waals surface area contributed by atoms with E-state index in [1.54, 1.807) is 24.3 Å². The molecule has 0 aliphatic rings. The van der Waals surface area contributed by atoms with E-state index in [9.17, 15) is 9.59 Å². The number of ether oxygens (including phenoxy) is 1. The van der Waals surface area contributed by atoms with Crippen LogP contribution in [0.5, 0.6) is 0 Å². The molecule has 5 nitrogen and oxygen atoms in total. The predicted octanol–water partition coefficient (Wildman–Crippen LogP) is 5.25. The van der Waals surface area contributed by atoms with Crippen molar-refractivity contribution >= 4 is 38.9 Å². The van der Waals surface area contributed by atoms with Gasteiger partial charge in [0.15, 0.2) is 11.9 Å². The van der Waals surface area contributed by atoms with E-state index in [0.717, 1.165) is 21.6 Å². The van der Waals surface area contributed by atoms with Gasteiger partial charge in [-0.3, -0.25) is 4.79 Å². The van der Waals surface area contributed by atoms with Crippen LogP contribution < -0.4 is 5.56 Å². The molecule has 0 spiro atoms. The van der Waals surface area contributed by atoms with Crippen LogP contribution in [0, 0.1) is 13.8 Å². The van der Waals surface area contributed by atoms with E-state index >= 15 is 0 Å². The summed E-state index contributed by atoms with van der Waals surface area (Å²) in [6, 6.07) is 9.45. The maximum atomic E-state index is 12.7. The number of hydrogen-bond acceptors (Lipinski definition) is 6. The summed E-state index contributed by atoms with van der Waals surface area (Å²) in [7, 11) is 0. The standard InChI is InChI=1S/C21H18N2O3S2/c1-11-6-4-7-14(12(11)2)21(25)26-13(3)18-22-19(24)17-15(10-28-20(17)23-18)16-8-5-9-27-16/h4-10,13H,1-3H3,(H,22,23,24)/t13-/m1/s1. The van der Waals surface area contributed by atoms with Crippen molar-refractivity contribution in [2.75, 3.05) is 0 Å². The number of aromatic amines is 1. The molecule has 28 heavy (non-hydrogen) atoms. The first kappa shape index (κ1) is 18.6. The van der Waals surface area contributed by atoms with Crippen molar-refractivity contribution in [2.24, 2.45) is 0 Å². The number of carbonyl (C=O) groups excluding carboxylic acids is 1. The van der Waals surface area contributed by atoms with Crippen molar-refractivity contribution in [1.82, 2.24) is 9.97 Å². The highest BCUT2D eigenvalue weighted by Crippen LogP contribution is 2.34. The minimum atomic E-state index is -0.670. The van der Waals surface area contributed by atoms with Crippen molar-refractivity contribution in [3.63, 3.8) is 0 Å². The average molecular weight is 411 g/mol. The smallest absolute Gasteiger partial charge is 0.339 e. The monoisotopic (exact) mass is 410 g/mol. The largest absolute Gasteiger partial charge is 0.451 e. The van der Waals surface area contributed by atoms with E-state index in [0.29, 0.717) is 21.6 Å².